The molecule has 0 bridgehead atoms. The second-order valence-electron chi connectivity index (χ2n) is 5.13. The molecule has 112 valence electrons. The third-order valence-corrected chi connectivity index (χ3v) is 3.68. The highest BCUT2D eigenvalue weighted by atomic mass is 19.2. The number of likely N-dealkylation sites (N-methyl/N-ethyl adjacent to an activating group) is 1. The lowest BCUT2D eigenvalue weighted by molar-refractivity contribution is 0.464. The van der Waals surface area contributed by atoms with Gasteiger partial charge >= 0.3 is 0 Å². The maximum Gasteiger partial charge on any atom is 0.163 e. The molecular formula is C18H21F2N. The van der Waals surface area contributed by atoms with Crippen LogP contribution in [-0.4, -0.2) is 6.54 Å². The minimum Gasteiger partial charge on any atom is -0.310 e. The molecule has 2 aromatic rings. The van der Waals surface area contributed by atoms with Crippen molar-refractivity contribution in [3.05, 3.63) is 70.8 Å². The topological polar surface area (TPSA) is 12.0 Å². The Bertz CT molecular complexity index is 578. The summed E-state index contributed by atoms with van der Waals surface area (Å²) in [6, 6.07) is 12.4. The van der Waals surface area contributed by atoms with Crippen molar-refractivity contribution < 1.29 is 8.78 Å². The molecule has 1 N–H and O–H groups in total. The van der Waals surface area contributed by atoms with Crippen LogP contribution in [0.15, 0.2) is 42.5 Å². The molecule has 0 saturated heterocycles. The summed E-state index contributed by atoms with van der Waals surface area (Å²) >= 11 is 0. The molecule has 2 aromatic carbocycles. The van der Waals surface area contributed by atoms with Gasteiger partial charge < -0.3 is 5.32 Å². The van der Waals surface area contributed by atoms with Crippen molar-refractivity contribution in [1.29, 1.82) is 0 Å². The van der Waals surface area contributed by atoms with Crippen LogP contribution in [0.3, 0.4) is 0 Å². The summed E-state index contributed by atoms with van der Waals surface area (Å²) in [7, 11) is 0. The zero-order chi connectivity index (χ0) is 15.2. The molecule has 0 spiro atoms. The molecule has 3 heteroatoms. The summed E-state index contributed by atoms with van der Waals surface area (Å²) < 4.78 is 27.4. The second-order valence-corrected chi connectivity index (χ2v) is 5.13. The Hall–Kier alpha value is -1.74. The Morgan fingerprint density at radius 3 is 2.24 bits per heavy atom. The van der Waals surface area contributed by atoms with Crippen LogP contribution in [0, 0.1) is 11.6 Å². The summed E-state index contributed by atoms with van der Waals surface area (Å²) in [5.74, 6) is -1.55. The smallest absolute Gasteiger partial charge is 0.163 e. The van der Waals surface area contributed by atoms with Crippen LogP contribution in [0.5, 0.6) is 0 Å². The van der Waals surface area contributed by atoms with Crippen molar-refractivity contribution in [2.45, 2.75) is 32.7 Å². The highest BCUT2D eigenvalue weighted by Gasteiger charge is 2.17. The lowest BCUT2D eigenvalue weighted by atomic mass is 9.97. The van der Waals surface area contributed by atoms with Crippen molar-refractivity contribution in [2.75, 3.05) is 6.54 Å². The molecular weight excluding hydrogens is 268 g/mol. The number of benzene rings is 2. The summed E-state index contributed by atoms with van der Waals surface area (Å²) in [5.41, 5.74) is 2.77. The van der Waals surface area contributed by atoms with E-state index in [2.05, 4.69) is 36.5 Å². The molecule has 21 heavy (non-hydrogen) atoms. The zero-order valence-corrected chi connectivity index (χ0v) is 12.5. The van der Waals surface area contributed by atoms with Crippen LogP contribution in [0.25, 0.3) is 0 Å². The van der Waals surface area contributed by atoms with Crippen LogP contribution < -0.4 is 5.32 Å². The number of rotatable bonds is 6. The normalized spacial score (nSPS) is 12.4. The first kappa shape index (κ1) is 15.6. The van der Waals surface area contributed by atoms with Gasteiger partial charge in [-0.2, -0.15) is 0 Å². The first-order chi connectivity index (χ1) is 10.2. The van der Waals surface area contributed by atoms with Gasteiger partial charge in [0.2, 0.25) is 0 Å². The average molecular weight is 289 g/mol. The van der Waals surface area contributed by atoms with Gasteiger partial charge in [-0.3, -0.25) is 0 Å². The molecule has 0 amide bonds. The second kappa shape index (κ2) is 7.32. The van der Waals surface area contributed by atoms with Gasteiger partial charge in [-0.25, -0.2) is 8.78 Å². The number of aryl methyl sites for hydroxylation is 1. The van der Waals surface area contributed by atoms with Crippen LogP contribution >= 0.6 is 0 Å². The van der Waals surface area contributed by atoms with Gasteiger partial charge in [-0.1, -0.05) is 50.2 Å². The van der Waals surface area contributed by atoms with Gasteiger partial charge in [0.25, 0.3) is 0 Å². The first-order valence-electron chi connectivity index (χ1n) is 7.40. The lowest BCUT2D eigenvalue weighted by Crippen LogP contribution is -2.24. The van der Waals surface area contributed by atoms with Crippen molar-refractivity contribution in [2.24, 2.45) is 0 Å². The minimum atomic E-state index is -0.795. The van der Waals surface area contributed by atoms with E-state index in [1.165, 1.54) is 5.56 Å². The Labute approximate surface area is 125 Å². The predicted molar refractivity (Wildman–Crippen MR) is 82.3 cm³/mol. The van der Waals surface area contributed by atoms with Gasteiger partial charge in [0.15, 0.2) is 11.6 Å². The Balaban J connectivity index is 2.24. The number of halogens is 2. The highest BCUT2D eigenvalue weighted by Crippen LogP contribution is 2.23. The molecule has 1 atom stereocenters. The van der Waals surface area contributed by atoms with Crippen molar-refractivity contribution >= 4 is 0 Å². The van der Waals surface area contributed by atoms with Crippen molar-refractivity contribution in [3.8, 4) is 0 Å². The molecule has 0 saturated carbocycles. The van der Waals surface area contributed by atoms with Gasteiger partial charge in [0.05, 0.1) is 0 Å². The molecule has 0 aromatic heterocycles. The van der Waals surface area contributed by atoms with Crippen molar-refractivity contribution in [3.63, 3.8) is 0 Å². The molecule has 0 heterocycles. The minimum absolute atomic E-state index is 0.224. The van der Waals surface area contributed by atoms with Crippen LogP contribution in [0.4, 0.5) is 8.78 Å². The summed E-state index contributed by atoms with van der Waals surface area (Å²) in [4.78, 5) is 0. The van der Waals surface area contributed by atoms with Gasteiger partial charge in [0.1, 0.15) is 0 Å². The maximum absolute atomic E-state index is 14.0. The van der Waals surface area contributed by atoms with Gasteiger partial charge in [0, 0.05) is 11.6 Å². The molecule has 1 unspecified atom stereocenters. The van der Waals surface area contributed by atoms with Crippen LogP contribution in [0.1, 0.15) is 36.6 Å². The van der Waals surface area contributed by atoms with E-state index in [0.717, 1.165) is 18.1 Å². The van der Waals surface area contributed by atoms with E-state index in [4.69, 9.17) is 0 Å². The predicted octanol–water partition coefficient (Wildman–Crippen LogP) is 4.42. The number of hydrogen-bond acceptors (Lipinski definition) is 1. The fourth-order valence-corrected chi connectivity index (χ4v) is 2.47. The molecule has 0 radical (unpaired) electrons. The highest BCUT2D eigenvalue weighted by molar-refractivity contribution is 5.28. The van der Waals surface area contributed by atoms with E-state index in [9.17, 15) is 8.78 Å². The van der Waals surface area contributed by atoms with E-state index >= 15 is 0 Å². The summed E-state index contributed by atoms with van der Waals surface area (Å²) in [5, 5.41) is 3.24. The SMILES string of the molecule is CCNC(Cc1ccc(CC)cc1)c1cccc(F)c1F. The molecule has 2 rings (SSSR count). The standard InChI is InChI=1S/C18H21F2N/c1-3-13-8-10-14(11-9-13)12-17(21-4-2)15-6-5-7-16(19)18(15)20/h5-11,17,21H,3-4,12H2,1-2H3. The Morgan fingerprint density at radius 1 is 0.952 bits per heavy atom. The summed E-state index contributed by atoms with van der Waals surface area (Å²) in [6.07, 6.45) is 1.63. The van der Waals surface area contributed by atoms with E-state index in [1.54, 1.807) is 12.1 Å². The van der Waals surface area contributed by atoms with Crippen LogP contribution in [0.2, 0.25) is 0 Å². The zero-order valence-electron chi connectivity index (χ0n) is 12.5. The van der Waals surface area contributed by atoms with E-state index in [-0.39, 0.29) is 6.04 Å². The molecule has 1 nitrogen and oxygen atoms in total. The largest absolute Gasteiger partial charge is 0.310 e. The molecule has 0 aliphatic heterocycles. The monoisotopic (exact) mass is 289 g/mol. The molecule has 0 aliphatic rings. The Kier molecular flexibility index (Phi) is 5.45. The average Bonchev–Trinajstić information content (AvgIpc) is 2.50. The summed E-state index contributed by atoms with van der Waals surface area (Å²) in [6.45, 7) is 4.77. The third kappa shape index (κ3) is 3.88. The van der Waals surface area contributed by atoms with E-state index < -0.39 is 11.6 Å². The lowest BCUT2D eigenvalue weighted by Gasteiger charge is -2.19. The molecule has 0 fully saturated rings. The fourth-order valence-electron chi connectivity index (χ4n) is 2.47. The van der Waals surface area contributed by atoms with Gasteiger partial charge in [-0.05, 0) is 36.6 Å². The first-order valence-corrected chi connectivity index (χ1v) is 7.40. The quantitative estimate of drug-likeness (QED) is 0.830. The van der Waals surface area contributed by atoms with Gasteiger partial charge in [-0.15, -0.1) is 0 Å². The van der Waals surface area contributed by atoms with E-state index in [1.807, 2.05) is 6.92 Å². The Morgan fingerprint density at radius 2 is 1.62 bits per heavy atom. The number of nitrogens with one attached hydrogen (secondary N) is 1. The molecule has 0 aliphatic carbocycles. The fraction of sp³-hybridized carbons (Fsp3) is 0.333. The van der Waals surface area contributed by atoms with Crippen LogP contribution in [-0.2, 0) is 12.8 Å². The van der Waals surface area contributed by atoms with E-state index in [0.29, 0.717) is 18.5 Å². The van der Waals surface area contributed by atoms with Crippen molar-refractivity contribution in [1.82, 2.24) is 5.32 Å². The maximum atomic E-state index is 14.0. The number of hydrogen-bond donors (Lipinski definition) is 1. The third-order valence-electron chi connectivity index (χ3n) is 3.68.